The highest BCUT2D eigenvalue weighted by Crippen LogP contribution is 2.16. The van der Waals surface area contributed by atoms with E-state index in [1.165, 1.54) is 13.8 Å². The summed E-state index contributed by atoms with van der Waals surface area (Å²) < 4.78 is 9.48. The molecule has 0 spiro atoms. The van der Waals surface area contributed by atoms with E-state index >= 15 is 0 Å². The van der Waals surface area contributed by atoms with E-state index in [0.29, 0.717) is 0 Å². The Bertz CT molecular complexity index is 202. The van der Waals surface area contributed by atoms with Gasteiger partial charge in [-0.3, -0.25) is 9.59 Å². The second-order valence-electron chi connectivity index (χ2n) is 3.83. The van der Waals surface area contributed by atoms with E-state index < -0.39 is 17.7 Å². The van der Waals surface area contributed by atoms with Crippen LogP contribution in [0.1, 0.15) is 34.6 Å². The molecule has 0 heterocycles. The summed E-state index contributed by atoms with van der Waals surface area (Å²) in [6, 6.07) is 0. The molecule has 0 aromatic heterocycles. The molecular weight excluding hydrogens is 172 g/mol. The van der Waals surface area contributed by atoms with Gasteiger partial charge in [-0.2, -0.15) is 0 Å². The molecule has 13 heavy (non-hydrogen) atoms. The molecule has 76 valence electrons. The number of hydrogen-bond donors (Lipinski definition) is 0. The Morgan fingerprint density at radius 1 is 1.15 bits per heavy atom. The maximum Gasteiger partial charge on any atom is 0.314 e. The third kappa shape index (κ3) is 5.22. The molecule has 4 heteroatoms. The molecular formula is C9H16O4. The molecule has 0 unspecified atom stereocenters. The minimum Gasteiger partial charge on any atom is -0.426 e. The van der Waals surface area contributed by atoms with E-state index in [-0.39, 0.29) is 5.97 Å². The molecule has 0 amide bonds. The van der Waals surface area contributed by atoms with Crippen molar-refractivity contribution in [3.63, 3.8) is 0 Å². The average Bonchev–Trinajstić information content (AvgIpc) is 1.82. The Kier molecular flexibility index (Phi) is 3.91. The van der Waals surface area contributed by atoms with Crippen molar-refractivity contribution < 1.29 is 19.1 Å². The van der Waals surface area contributed by atoms with Crippen molar-refractivity contribution in [2.75, 3.05) is 0 Å². The van der Waals surface area contributed by atoms with Crippen LogP contribution >= 0.6 is 0 Å². The maximum absolute atomic E-state index is 11.2. The van der Waals surface area contributed by atoms with Crippen LogP contribution in [0, 0.1) is 5.41 Å². The second kappa shape index (κ2) is 4.25. The lowest BCUT2D eigenvalue weighted by molar-refractivity contribution is -0.189. The smallest absolute Gasteiger partial charge is 0.314 e. The van der Waals surface area contributed by atoms with Crippen molar-refractivity contribution in [1.82, 2.24) is 0 Å². The van der Waals surface area contributed by atoms with Gasteiger partial charge < -0.3 is 9.47 Å². The fourth-order valence-electron chi connectivity index (χ4n) is 0.585. The quantitative estimate of drug-likeness (QED) is 0.486. The van der Waals surface area contributed by atoms with Crippen molar-refractivity contribution >= 4 is 11.9 Å². The van der Waals surface area contributed by atoms with Gasteiger partial charge in [0.1, 0.15) is 0 Å². The fraction of sp³-hybridized carbons (Fsp3) is 0.778. The standard InChI is InChI=1S/C9H16O4/c1-6(10)12-7(2)13-8(11)9(3,4)5/h7H,1-5H3/t7-/m0/s1. The summed E-state index contributed by atoms with van der Waals surface area (Å²) in [6.45, 7) is 7.97. The van der Waals surface area contributed by atoms with Gasteiger partial charge in [-0.25, -0.2) is 0 Å². The molecule has 0 N–H and O–H groups in total. The molecule has 0 aromatic carbocycles. The molecule has 4 nitrogen and oxygen atoms in total. The van der Waals surface area contributed by atoms with E-state index in [0.717, 1.165) is 0 Å². The molecule has 1 atom stereocenters. The van der Waals surface area contributed by atoms with Crippen LogP contribution < -0.4 is 0 Å². The Hall–Kier alpha value is -1.06. The van der Waals surface area contributed by atoms with Crippen molar-refractivity contribution in [3.05, 3.63) is 0 Å². The highest BCUT2D eigenvalue weighted by molar-refractivity contribution is 5.75. The lowest BCUT2D eigenvalue weighted by Gasteiger charge is -2.20. The van der Waals surface area contributed by atoms with Crippen LogP contribution in [0.4, 0.5) is 0 Å². The van der Waals surface area contributed by atoms with Gasteiger partial charge in [0.25, 0.3) is 0 Å². The zero-order valence-electron chi connectivity index (χ0n) is 8.71. The van der Waals surface area contributed by atoms with Gasteiger partial charge in [0.05, 0.1) is 5.41 Å². The van der Waals surface area contributed by atoms with Gasteiger partial charge in [0.2, 0.25) is 6.29 Å². The molecule has 0 saturated carbocycles. The van der Waals surface area contributed by atoms with Crippen LogP contribution in [0.5, 0.6) is 0 Å². The summed E-state index contributed by atoms with van der Waals surface area (Å²) in [6.07, 6.45) is -0.816. The Labute approximate surface area is 78.2 Å². The van der Waals surface area contributed by atoms with E-state index in [1.807, 2.05) is 0 Å². The van der Waals surface area contributed by atoms with Gasteiger partial charge >= 0.3 is 11.9 Å². The molecule has 0 rings (SSSR count). The average molecular weight is 188 g/mol. The molecule has 0 radical (unpaired) electrons. The molecule has 0 bridgehead atoms. The lowest BCUT2D eigenvalue weighted by Crippen LogP contribution is -2.29. The number of esters is 2. The Balaban J connectivity index is 4.00. The number of ether oxygens (including phenoxy) is 2. The minimum atomic E-state index is -0.816. The van der Waals surface area contributed by atoms with E-state index in [1.54, 1.807) is 20.8 Å². The third-order valence-corrected chi connectivity index (χ3v) is 1.22. The molecule has 0 aliphatic carbocycles. The highest BCUT2D eigenvalue weighted by Gasteiger charge is 2.25. The van der Waals surface area contributed by atoms with E-state index in [2.05, 4.69) is 4.74 Å². The van der Waals surface area contributed by atoms with Crippen LogP contribution in [0.25, 0.3) is 0 Å². The molecule has 0 aromatic rings. The summed E-state index contributed by atoms with van der Waals surface area (Å²) in [5.74, 6) is -0.851. The van der Waals surface area contributed by atoms with Crippen molar-refractivity contribution in [1.29, 1.82) is 0 Å². The highest BCUT2D eigenvalue weighted by atomic mass is 16.7. The summed E-state index contributed by atoms with van der Waals surface area (Å²) in [4.78, 5) is 21.7. The van der Waals surface area contributed by atoms with Crippen LogP contribution in [0.3, 0.4) is 0 Å². The number of hydrogen-bond acceptors (Lipinski definition) is 4. The van der Waals surface area contributed by atoms with Crippen LogP contribution in [0.2, 0.25) is 0 Å². The zero-order valence-corrected chi connectivity index (χ0v) is 8.71. The van der Waals surface area contributed by atoms with Gasteiger partial charge in [-0.15, -0.1) is 0 Å². The van der Waals surface area contributed by atoms with Crippen molar-refractivity contribution in [3.8, 4) is 0 Å². The van der Waals surface area contributed by atoms with Gasteiger partial charge in [-0.05, 0) is 20.8 Å². The maximum atomic E-state index is 11.2. The molecule has 0 aliphatic heterocycles. The third-order valence-electron chi connectivity index (χ3n) is 1.22. The predicted octanol–water partition coefficient (Wildman–Crippen LogP) is 1.48. The first kappa shape index (κ1) is 11.9. The SMILES string of the molecule is CC(=O)O[C@H](C)OC(=O)C(C)(C)C. The van der Waals surface area contributed by atoms with Crippen molar-refractivity contribution in [2.24, 2.45) is 5.41 Å². The summed E-state index contributed by atoms with van der Waals surface area (Å²) in [7, 11) is 0. The number of carbonyl (C=O) groups is 2. The van der Waals surface area contributed by atoms with E-state index in [9.17, 15) is 9.59 Å². The van der Waals surface area contributed by atoms with Crippen LogP contribution in [-0.4, -0.2) is 18.2 Å². The monoisotopic (exact) mass is 188 g/mol. The number of rotatable bonds is 2. The molecule has 0 saturated heterocycles. The summed E-state index contributed by atoms with van der Waals surface area (Å²) >= 11 is 0. The van der Waals surface area contributed by atoms with Crippen LogP contribution in [0.15, 0.2) is 0 Å². The minimum absolute atomic E-state index is 0.388. The first-order valence-corrected chi connectivity index (χ1v) is 4.12. The molecule has 0 fully saturated rings. The first-order valence-electron chi connectivity index (χ1n) is 4.12. The van der Waals surface area contributed by atoms with Gasteiger partial charge in [0, 0.05) is 13.8 Å². The Morgan fingerprint density at radius 3 is 1.92 bits per heavy atom. The zero-order chi connectivity index (χ0) is 10.6. The van der Waals surface area contributed by atoms with E-state index in [4.69, 9.17) is 4.74 Å². The fourth-order valence-corrected chi connectivity index (χ4v) is 0.585. The summed E-state index contributed by atoms with van der Waals surface area (Å²) in [5, 5.41) is 0. The van der Waals surface area contributed by atoms with Gasteiger partial charge in [-0.1, -0.05) is 0 Å². The topological polar surface area (TPSA) is 52.6 Å². The largest absolute Gasteiger partial charge is 0.426 e. The van der Waals surface area contributed by atoms with Crippen LogP contribution in [-0.2, 0) is 19.1 Å². The first-order chi connectivity index (χ1) is 5.73. The number of carbonyl (C=O) groups excluding carboxylic acids is 2. The van der Waals surface area contributed by atoms with Gasteiger partial charge in [0.15, 0.2) is 0 Å². The lowest BCUT2D eigenvalue weighted by atomic mass is 9.97. The predicted molar refractivity (Wildman–Crippen MR) is 46.8 cm³/mol. The normalized spacial score (nSPS) is 13.3. The second-order valence-corrected chi connectivity index (χ2v) is 3.83. The Morgan fingerprint density at radius 2 is 1.62 bits per heavy atom. The summed E-state index contributed by atoms with van der Waals surface area (Å²) in [5.41, 5.74) is -0.575. The van der Waals surface area contributed by atoms with Crippen molar-refractivity contribution in [2.45, 2.75) is 40.9 Å². The molecule has 0 aliphatic rings.